The van der Waals surface area contributed by atoms with E-state index in [-0.39, 0.29) is 5.97 Å². The van der Waals surface area contributed by atoms with Gasteiger partial charge in [-0.1, -0.05) is 103 Å². The summed E-state index contributed by atoms with van der Waals surface area (Å²) in [6, 6.07) is 15.4. The number of ether oxygens (including phenoxy) is 2. The van der Waals surface area contributed by atoms with Gasteiger partial charge in [0.2, 0.25) is 0 Å². The van der Waals surface area contributed by atoms with Crippen LogP contribution in [0.4, 0.5) is 0 Å². The molecule has 0 bridgehead atoms. The minimum absolute atomic E-state index is 0.332. The summed E-state index contributed by atoms with van der Waals surface area (Å²) in [7, 11) is 0. The van der Waals surface area contributed by atoms with Gasteiger partial charge in [-0.2, -0.15) is 0 Å². The Hall–Kier alpha value is -2.55. The topological polar surface area (TPSA) is 35.5 Å². The average Bonchev–Trinajstić information content (AvgIpc) is 2.99. The SMILES string of the molecule is C=CCCCCCC1CCC(CCc2ccc(OC(=O)c3ccc(OCCCCCC(C)CC)cc3)cc2)CC1. The minimum atomic E-state index is -0.332. The summed E-state index contributed by atoms with van der Waals surface area (Å²) in [6.07, 6.45) is 22.7. The van der Waals surface area contributed by atoms with E-state index >= 15 is 0 Å². The van der Waals surface area contributed by atoms with Crippen LogP contribution >= 0.6 is 0 Å². The zero-order chi connectivity index (χ0) is 28.4. The second-order valence-corrected chi connectivity index (χ2v) is 12.1. The second-order valence-electron chi connectivity index (χ2n) is 12.1. The van der Waals surface area contributed by atoms with Crippen LogP contribution in [0.3, 0.4) is 0 Å². The van der Waals surface area contributed by atoms with Crippen LogP contribution in [-0.2, 0) is 6.42 Å². The summed E-state index contributed by atoms with van der Waals surface area (Å²) in [4.78, 5) is 12.6. The Morgan fingerprint density at radius 3 is 2.17 bits per heavy atom. The smallest absolute Gasteiger partial charge is 0.343 e. The molecule has 1 aliphatic rings. The van der Waals surface area contributed by atoms with Gasteiger partial charge >= 0.3 is 5.97 Å². The molecule has 3 rings (SSSR count). The maximum Gasteiger partial charge on any atom is 0.343 e. The fraction of sp³-hybridized carbons (Fsp3) is 0.595. The molecule has 0 aromatic heterocycles. The number of allylic oxidation sites excluding steroid dienone is 1. The van der Waals surface area contributed by atoms with E-state index in [0.29, 0.717) is 17.9 Å². The van der Waals surface area contributed by atoms with E-state index in [4.69, 9.17) is 9.47 Å². The van der Waals surface area contributed by atoms with E-state index in [1.807, 2.05) is 30.3 Å². The Bertz CT molecular complexity index is 954. The molecule has 0 radical (unpaired) electrons. The molecule has 1 unspecified atom stereocenters. The molecule has 0 heterocycles. The molecule has 3 nitrogen and oxygen atoms in total. The minimum Gasteiger partial charge on any atom is -0.494 e. The lowest BCUT2D eigenvalue weighted by atomic mass is 9.78. The molecule has 1 fully saturated rings. The van der Waals surface area contributed by atoms with Crippen LogP contribution in [0.25, 0.3) is 0 Å². The Morgan fingerprint density at radius 1 is 0.850 bits per heavy atom. The summed E-state index contributed by atoms with van der Waals surface area (Å²) in [6.45, 7) is 9.11. The van der Waals surface area contributed by atoms with Gasteiger partial charge in [0.25, 0.3) is 0 Å². The average molecular weight is 547 g/mol. The predicted octanol–water partition coefficient (Wildman–Crippen LogP) is 10.8. The zero-order valence-corrected chi connectivity index (χ0v) is 25.4. The maximum atomic E-state index is 12.6. The van der Waals surface area contributed by atoms with Crippen LogP contribution in [-0.4, -0.2) is 12.6 Å². The van der Waals surface area contributed by atoms with Crippen molar-refractivity contribution in [1.29, 1.82) is 0 Å². The van der Waals surface area contributed by atoms with Crippen molar-refractivity contribution in [2.75, 3.05) is 6.61 Å². The van der Waals surface area contributed by atoms with Crippen LogP contribution < -0.4 is 9.47 Å². The van der Waals surface area contributed by atoms with Gasteiger partial charge < -0.3 is 9.47 Å². The molecule has 0 N–H and O–H groups in total. The van der Waals surface area contributed by atoms with Gasteiger partial charge in [0.15, 0.2) is 0 Å². The first-order valence-electron chi connectivity index (χ1n) is 16.2. The summed E-state index contributed by atoms with van der Waals surface area (Å²) < 4.78 is 11.5. The number of aryl methyl sites for hydroxylation is 1. The van der Waals surface area contributed by atoms with E-state index in [2.05, 4.69) is 32.6 Å². The molecule has 2 aromatic rings. The molecule has 0 spiro atoms. The molecule has 1 atom stereocenters. The molecule has 0 amide bonds. The summed E-state index contributed by atoms with van der Waals surface area (Å²) in [5.41, 5.74) is 1.86. The first kappa shape index (κ1) is 32.0. The third-order valence-corrected chi connectivity index (χ3v) is 8.86. The number of rotatable bonds is 19. The van der Waals surface area contributed by atoms with Crippen molar-refractivity contribution in [3.63, 3.8) is 0 Å². The Balaban J connectivity index is 1.30. The normalized spacial score (nSPS) is 17.8. The lowest BCUT2D eigenvalue weighted by Gasteiger charge is -2.28. The van der Waals surface area contributed by atoms with E-state index in [0.717, 1.165) is 36.3 Å². The molecule has 0 saturated heterocycles. The highest BCUT2D eigenvalue weighted by atomic mass is 16.5. The van der Waals surface area contributed by atoms with E-state index < -0.39 is 0 Å². The molecule has 0 aliphatic heterocycles. The van der Waals surface area contributed by atoms with E-state index in [1.54, 1.807) is 12.1 Å². The number of carbonyl (C=O) groups excluding carboxylic acids is 1. The second kappa shape index (κ2) is 18.7. The summed E-state index contributed by atoms with van der Waals surface area (Å²) in [5.74, 6) is 3.69. The molecule has 2 aromatic carbocycles. The Morgan fingerprint density at radius 2 is 1.50 bits per heavy atom. The predicted molar refractivity (Wildman–Crippen MR) is 168 cm³/mol. The number of carbonyl (C=O) groups is 1. The Kier molecular flexibility index (Phi) is 15.0. The van der Waals surface area contributed by atoms with Crippen molar-refractivity contribution in [1.82, 2.24) is 0 Å². The molecule has 3 heteroatoms. The van der Waals surface area contributed by atoms with Crippen molar-refractivity contribution < 1.29 is 14.3 Å². The lowest BCUT2D eigenvalue weighted by molar-refractivity contribution is 0.0734. The third kappa shape index (κ3) is 12.3. The van der Waals surface area contributed by atoms with E-state index in [1.165, 1.54) is 95.5 Å². The summed E-state index contributed by atoms with van der Waals surface area (Å²) >= 11 is 0. The van der Waals surface area contributed by atoms with Crippen molar-refractivity contribution in [3.8, 4) is 11.5 Å². The number of esters is 1. The van der Waals surface area contributed by atoms with Crippen LogP contribution in [0, 0.1) is 17.8 Å². The van der Waals surface area contributed by atoms with Gasteiger partial charge in [-0.15, -0.1) is 6.58 Å². The van der Waals surface area contributed by atoms with Gasteiger partial charge in [-0.3, -0.25) is 0 Å². The standard InChI is InChI=1S/C37H54O3/c1-4-6-7-8-11-14-31-15-17-32(18-16-31)19-20-33-21-25-36(26-22-33)40-37(38)34-23-27-35(28-24-34)39-29-12-9-10-13-30(3)5-2/h4,21-28,30-32H,1,5-20,29H2,2-3H3. The first-order chi connectivity index (χ1) is 19.6. The third-order valence-electron chi connectivity index (χ3n) is 8.86. The van der Waals surface area contributed by atoms with Crippen molar-refractivity contribution in [2.24, 2.45) is 17.8 Å². The van der Waals surface area contributed by atoms with Crippen molar-refractivity contribution in [2.45, 2.75) is 117 Å². The van der Waals surface area contributed by atoms with Crippen LogP contribution in [0.1, 0.15) is 126 Å². The number of benzene rings is 2. The van der Waals surface area contributed by atoms with E-state index in [9.17, 15) is 4.79 Å². The molecule has 1 saturated carbocycles. The number of hydrogen-bond acceptors (Lipinski definition) is 3. The van der Waals surface area contributed by atoms with Crippen LogP contribution in [0.15, 0.2) is 61.2 Å². The van der Waals surface area contributed by atoms with Gasteiger partial charge in [0, 0.05) is 0 Å². The first-order valence-corrected chi connectivity index (χ1v) is 16.2. The van der Waals surface area contributed by atoms with Gasteiger partial charge in [-0.25, -0.2) is 4.79 Å². The zero-order valence-electron chi connectivity index (χ0n) is 25.4. The molecular formula is C37H54O3. The van der Waals surface area contributed by atoms with Gasteiger partial charge in [0.05, 0.1) is 12.2 Å². The summed E-state index contributed by atoms with van der Waals surface area (Å²) in [5, 5.41) is 0. The van der Waals surface area contributed by atoms with Crippen molar-refractivity contribution in [3.05, 3.63) is 72.3 Å². The highest BCUT2D eigenvalue weighted by molar-refractivity contribution is 5.91. The maximum absolute atomic E-state index is 12.6. The molecular weight excluding hydrogens is 492 g/mol. The monoisotopic (exact) mass is 546 g/mol. The fourth-order valence-electron chi connectivity index (χ4n) is 5.82. The number of unbranched alkanes of at least 4 members (excludes halogenated alkanes) is 5. The van der Waals surface area contributed by atoms with Crippen molar-refractivity contribution >= 4 is 5.97 Å². The van der Waals surface area contributed by atoms with Crippen LogP contribution in [0.5, 0.6) is 11.5 Å². The highest BCUT2D eigenvalue weighted by Gasteiger charge is 2.20. The quantitative estimate of drug-likeness (QED) is 0.0760. The van der Waals surface area contributed by atoms with Gasteiger partial charge in [0.1, 0.15) is 11.5 Å². The molecule has 40 heavy (non-hydrogen) atoms. The van der Waals surface area contributed by atoms with Gasteiger partial charge in [-0.05, 0) is 91.8 Å². The number of hydrogen-bond donors (Lipinski definition) is 0. The molecule has 220 valence electrons. The molecule has 1 aliphatic carbocycles. The lowest BCUT2D eigenvalue weighted by Crippen LogP contribution is -2.15. The fourth-order valence-corrected chi connectivity index (χ4v) is 5.82. The van der Waals surface area contributed by atoms with Crippen LogP contribution in [0.2, 0.25) is 0 Å². The Labute approximate surface area is 244 Å². The highest BCUT2D eigenvalue weighted by Crippen LogP contribution is 2.34. The largest absolute Gasteiger partial charge is 0.494 e.